The third kappa shape index (κ3) is 3.64. The maximum Gasteiger partial charge on any atom is 0.411 e. The fourth-order valence-electron chi connectivity index (χ4n) is 2.49. The summed E-state index contributed by atoms with van der Waals surface area (Å²) in [6.07, 6.45) is 0.615. The number of carbonyl (C=O) groups is 2. The minimum Gasteiger partial charge on any atom is -0.444 e. The van der Waals surface area contributed by atoms with Crippen LogP contribution < -0.4 is 0 Å². The Bertz CT molecular complexity index is 608. The second kappa shape index (κ2) is 6.18. The van der Waals surface area contributed by atoms with E-state index in [1.54, 1.807) is 45.0 Å². The fourth-order valence-corrected chi connectivity index (χ4v) is 2.49. The van der Waals surface area contributed by atoms with Crippen LogP contribution >= 0.6 is 0 Å². The van der Waals surface area contributed by atoms with E-state index in [2.05, 4.69) is 0 Å². The first kappa shape index (κ1) is 16.0. The van der Waals surface area contributed by atoms with Gasteiger partial charge in [-0.3, -0.25) is 9.69 Å². The molecule has 1 saturated heterocycles. The second-order valence-corrected chi connectivity index (χ2v) is 6.38. The number of likely N-dealkylation sites (tertiary alicyclic amines) is 1. The predicted octanol–water partition coefficient (Wildman–Crippen LogP) is 3.20. The number of rotatable bonds is 1. The van der Waals surface area contributed by atoms with Crippen LogP contribution in [0.25, 0.3) is 0 Å². The number of ether oxygens (including phenoxy) is 1. The van der Waals surface area contributed by atoms with Gasteiger partial charge in [-0.2, -0.15) is 5.26 Å². The molecule has 0 aromatic heterocycles. The Labute approximate surface area is 130 Å². The average Bonchev–Trinajstić information content (AvgIpc) is 2.45. The number of amides is 1. The maximum absolute atomic E-state index is 12.4. The van der Waals surface area contributed by atoms with E-state index in [4.69, 9.17) is 10.00 Å². The number of hydrogen-bond acceptors (Lipinski definition) is 4. The molecule has 1 aromatic rings. The Morgan fingerprint density at radius 3 is 2.50 bits per heavy atom. The van der Waals surface area contributed by atoms with Crippen LogP contribution in [0.4, 0.5) is 4.79 Å². The minimum atomic E-state index is -0.628. The molecule has 5 nitrogen and oxygen atoms in total. The molecule has 0 aliphatic carbocycles. The summed E-state index contributed by atoms with van der Waals surface area (Å²) in [7, 11) is 0. The van der Waals surface area contributed by atoms with E-state index in [9.17, 15) is 9.59 Å². The molecule has 0 bridgehead atoms. The summed E-state index contributed by atoms with van der Waals surface area (Å²) in [5.74, 6) is 0.00168. The van der Waals surface area contributed by atoms with Crippen molar-refractivity contribution in [3.05, 3.63) is 35.4 Å². The maximum atomic E-state index is 12.4. The molecule has 22 heavy (non-hydrogen) atoms. The van der Waals surface area contributed by atoms with E-state index in [1.165, 1.54) is 4.90 Å². The van der Waals surface area contributed by atoms with Crippen LogP contribution in [0.2, 0.25) is 0 Å². The molecule has 1 aromatic carbocycles. The molecule has 1 aliphatic heterocycles. The van der Waals surface area contributed by atoms with Crippen molar-refractivity contribution in [1.82, 2.24) is 4.90 Å². The van der Waals surface area contributed by atoms with Gasteiger partial charge in [0.1, 0.15) is 11.6 Å². The van der Waals surface area contributed by atoms with Gasteiger partial charge in [-0.05, 0) is 44.9 Å². The molecule has 5 heteroatoms. The van der Waals surface area contributed by atoms with Crippen LogP contribution in [0.1, 0.15) is 50.8 Å². The Morgan fingerprint density at radius 2 is 1.95 bits per heavy atom. The van der Waals surface area contributed by atoms with E-state index in [-0.39, 0.29) is 5.78 Å². The fraction of sp³-hybridized carbons (Fsp3) is 0.471. The highest BCUT2D eigenvalue weighted by atomic mass is 16.6. The summed E-state index contributed by atoms with van der Waals surface area (Å²) in [6.45, 7) is 5.89. The van der Waals surface area contributed by atoms with Gasteiger partial charge >= 0.3 is 6.09 Å². The van der Waals surface area contributed by atoms with E-state index in [0.717, 1.165) is 5.56 Å². The highest BCUT2D eigenvalue weighted by Crippen LogP contribution is 2.30. The average molecular weight is 300 g/mol. The number of nitriles is 1. The molecule has 0 saturated carbocycles. The minimum absolute atomic E-state index is 0.00168. The lowest BCUT2D eigenvalue weighted by Crippen LogP contribution is -2.45. The Kier molecular flexibility index (Phi) is 4.51. The van der Waals surface area contributed by atoms with Gasteiger partial charge in [0.15, 0.2) is 5.78 Å². The van der Waals surface area contributed by atoms with Crippen molar-refractivity contribution in [2.24, 2.45) is 0 Å². The summed E-state index contributed by atoms with van der Waals surface area (Å²) in [5, 5.41) is 8.86. The monoisotopic (exact) mass is 300 g/mol. The van der Waals surface area contributed by atoms with Crippen LogP contribution in [-0.4, -0.2) is 28.9 Å². The molecule has 2 rings (SSSR count). The van der Waals surface area contributed by atoms with Crippen LogP contribution in [0.15, 0.2) is 24.3 Å². The summed E-state index contributed by atoms with van der Waals surface area (Å²) in [6, 6.07) is 8.18. The molecule has 1 fully saturated rings. The van der Waals surface area contributed by atoms with Crippen LogP contribution in [0, 0.1) is 11.3 Å². The van der Waals surface area contributed by atoms with Gasteiger partial charge < -0.3 is 4.74 Å². The van der Waals surface area contributed by atoms with Crippen LogP contribution in [0.3, 0.4) is 0 Å². The lowest BCUT2D eigenvalue weighted by Gasteiger charge is -2.36. The third-order valence-electron chi connectivity index (χ3n) is 3.42. The van der Waals surface area contributed by atoms with Crippen molar-refractivity contribution in [1.29, 1.82) is 5.26 Å². The van der Waals surface area contributed by atoms with Crippen molar-refractivity contribution < 1.29 is 14.3 Å². The summed E-state index contributed by atoms with van der Waals surface area (Å²) in [4.78, 5) is 26.2. The molecule has 0 radical (unpaired) electrons. The van der Waals surface area contributed by atoms with Gasteiger partial charge in [0, 0.05) is 13.0 Å². The van der Waals surface area contributed by atoms with Gasteiger partial charge in [0.05, 0.1) is 11.6 Å². The predicted molar refractivity (Wildman–Crippen MR) is 81.1 cm³/mol. The standard InChI is InChI=1S/C17H20N2O3/c1-17(2,3)22-16(21)19-10-4-5-14(20)15(19)13-8-6-12(11-18)7-9-13/h6-9,15H,4-5,10H2,1-3H3. The highest BCUT2D eigenvalue weighted by molar-refractivity contribution is 5.89. The zero-order chi connectivity index (χ0) is 16.3. The topological polar surface area (TPSA) is 70.4 Å². The molecule has 1 amide bonds. The van der Waals surface area contributed by atoms with Crippen molar-refractivity contribution in [2.45, 2.75) is 45.3 Å². The van der Waals surface area contributed by atoms with Crippen molar-refractivity contribution >= 4 is 11.9 Å². The number of benzene rings is 1. The summed E-state index contributed by atoms with van der Waals surface area (Å²) >= 11 is 0. The first-order valence-corrected chi connectivity index (χ1v) is 7.34. The normalized spacial score (nSPS) is 18.7. The van der Waals surface area contributed by atoms with Gasteiger partial charge in [-0.1, -0.05) is 12.1 Å². The number of nitrogens with zero attached hydrogens (tertiary/aromatic N) is 2. The van der Waals surface area contributed by atoms with E-state index in [0.29, 0.717) is 24.9 Å². The van der Waals surface area contributed by atoms with Crippen LogP contribution in [-0.2, 0) is 9.53 Å². The zero-order valence-electron chi connectivity index (χ0n) is 13.1. The molecule has 1 unspecified atom stereocenters. The Morgan fingerprint density at radius 1 is 1.32 bits per heavy atom. The number of piperidine rings is 1. The highest BCUT2D eigenvalue weighted by Gasteiger charge is 2.36. The van der Waals surface area contributed by atoms with Gasteiger partial charge in [-0.15, -0.1) is 0 Å². The molecule has 0 N–H and O–H groups in total. The molecule has 0 spiro atoms. The van der Waals surface area contributed by atoms with Crippen molar-refractivity contribution in [3.8, 4) is 6.07 Å². The largest absolute Gasteiger partial charge is 0.444 e. The summed E-state index contributed by atoms with van der Waals surface area (Å²) in [5.41, 5.74) is 0.637. The smallest absolute Gasteiger partial charge is 0.411 e. The lowest BCUT2D eigenvalue weighted by molar-refractivity contribution is -0.127. The molecule has 116 valence electrons. The number of hydrogen-bond donors (Lipinski definition) is 0. The SMILES string of the molecule is CC(C)(C)OC(=O)N1CCCC(=O)C1c1ccc(C#N)cc1. The first-order valence-electron chi connectivity index (χ1n) is 7.34. The quantitative estimate of drug-likeness (QED) is 0.798. The second-order valence-electron chi connectivity index (χ2n) is 6.38. The molecular weight excluding hydrogens is 280 g/mol. The number of Topliss-reactive ketones (excluding diaryl/α,β-unsaturated/α-hetero) is 1. The Hall–Kier alpha value is -2.35. The van der Waals surface area contributed by atoms with Crippen LogP contribution in [0.5, 0.6) is 0 Å². The number of ketones is 1. The third-order valence-corrected chi connectivity index (χ3v) is 3.42. The van der Waals surface area contributed by atoms with E-state index >= 15 is 0 Å². The lowest BCUT2D eigenvalue weighted by atomic mass is 9.94. The van der Waals surface area contributed by atoms with Crippen molar-refractivity contribution in [3.63, 3.8) is 0 Å². The first-order chi connectivity index (χ1) is 10.3. The molecule has 1 atom stereocenters. The number of carbonyl (C=O) groups excluding carboxylic acids is 2. The van der Waals surface area contributed by atoms with Crippen molar-refractivity contribution in [2.75, 3.05) is 6.54 Å². The van der Waals surface area contributed by atoms with Gasteiger partial charge in [0.25, 0.3) is 0 Å². The van der Waals surface area contributed by atoms with Gasteiger partial charge in [-0.25, -0.2) is 4.79 Å². The molecular formula is C17H20N2O3. The Balaban J connectivity index is 2.28. The van der Waals surface area contributed by atoms with E-state index < -0.39 is 17.7 Å². The molecule has 1 aliphatic rings. The molecule has 1 heterocycles. The van der Waals surface area contributed by atoms with Gasteiger partial charge in [0.2, 0.25) is 0 Å². The van der Waals surface area contributed by atoms with E-state index in [1.807, 2.05) is 6.07 Å². The zero-order valence-corrected chi connectivity index (χ0v) is 13.1. The summed E-state index contributed by atoms with van der Waals surface area (Å²) < 4.78 is 5.40.